The maximum Gasteiger partial charge on any atom is 0.222 e. The van der Waals surface area contributed by atoms with Gasteiger partial charge in [0.2, 0.25) is 5.91 Å². The van der Waals surface area contributed by atoms with Crippen LogP contribution in [0, 0.1) is 11.8 Å². The molecule has 1 heterocycles. The van der Waals surface area contributed by atoms with E-state index in [0.29, 0.717) is 38.6 Å². The van der Waals surface area contributed by atoms with Crippen molar-refractivity contribution < 1.29 is 14.6 Å². The quantitative estimate of drug-likeness (QED) is 0.782. The Morgan fingerprint density at radius 1 is 1.33 bits per heavy atom. The zero-order valence-corrected chi connectivity index (χ0v) is 14.6. The first-order valence-corrected chi connectivity index (χ1v) is 9.21. The van der Waals surface area contributed by atoms with Gasteiger partial charge in [-0.25, -0.2) is 0 Å². The van der Waals surface area contributed by atoms with E-state index in [-0.39, 0.29) is 11.8 Å². The molecule has 1 aromatic rings. The fourth-order valence-electron chi connectivity index (χ4n) is 3.89. The summed E-state index contributed by atoms with van der Waals surface area (Å²) >= 11 is 0. The van der Waals surface area contributed by atoms with Gasteiger partial charge in [0.1, 0.15) is 0 Å². The Labute approximate surface area is 144 Å². The minimum absolute atomic E-state index is 0.153. The van der Waals surface area contributed by atoms with E-state index in [1.165, 1.54) is 6.42 Å². The Bertz CT molecular complexity index is 543. The lowest BCUT2D eigenvalue weighted by atomic mass is 9.69. The Morgan fingerprint density at radius 2 is 2.08 bits per heavy atom. The van der Waals surface area contributed by atoms with Crippen LogP contribution in [0.3, 0.4) is 0 Å². The van der Waals surface area contributed by atoms with Crippen LogP contribution in [0.5, 0.6) is 0 Å². The largest absolute Gasteiger partial charge is 0.387 e. The van der Waals surface area contributed by atoms with Crippen molar-refractivity contribution in [1.82, 2.24) is 4.90 Å². The zero-order valence-electron chi connectivity index (χ0n) is 14.6. The first-order valence-electron chi connectivity index (χ1n) is 9.21. The highest BCUT2D eigenvalue weighted by Gasteiger charge is 2.50. The normalized spacial score (nSPS) is 27.2. The molecule has 24 heavy (non-hydrogen) atoms. The molecule has 1 aromatic carbocycles. The van der Waals surface area contributed by atoms with Crippen molar-refractivity contribution in [3.63, 3.8) is 0 Å². The smallest absolute Gasteiger partial charge is 0.222 e. The molecule has 0 bridgehead atoms. The van der Waals surface area contributed by atoms with Crippen molar-refractivity contribution in [3.05, 3.63) is 35.9 Å². The third-order valence-electron chi connectivity index (χ3n) is 5.75. The van der Waals surface area contributed by atoms with E-state index in [0.717, 1.165) is 24.8 Å². The first-order chi connectivity index (χ1) is 11.6. The van der Waals surface area contributed by atoms with Crippen LogP contribution in [0.25, 0.3) is 0 Å². The molecular formula is C20H29NO3. The van der Waals surface area contributed by atoms with E-state index < -0.39 is 5.60 Å². The molecular weight excluding hydrogens is 302 g/mol. The van der Waals surface area contributed by atoms with E-state index in [2.05, 4.69) is 6.92 Å². The maximum absolute atomic E-state index is 12.4. The highest BCUT2D eigenvalue weighted by atomic mass is 16.5. The van der Waals surface area contributed by atoms with Crippen molar-refractivity contribution in [2.24, 2.45) is 11.8 Å². The molecule has 1 saturated carbocycles. The van der Waals surface area contributed by atoms with Crippen LogP contribution in [-0.4, -0.2) is 41.2 Å². The minimum atomic E-state index is -0.655. The number of nitrogens with zero attached hydrogens (tertiary/aromatic N) is 1. The number of likely N-dealkylation sites (tertiary alicyclic amines) is 1. The van der Waals surface area contributed by atoms with E-state index in [1.54, 1.807) is 0 Å². The number of benzene rings is 1. The molecule has 1 aliphatic heterocycles. The molecule has 2 fully saturated rings. The number of carbonyl (C=O) groups excluding carboxylic acids is 1. The van der Waals surface area contributed by atoms with Crippen molar-refractivity contribution in [2.45, 2.75) is 51.2 Å². The fourth-order valence-corrected chi connectivity index (χ4v) is 3.89. The lowest BCUT2D eigenvalue weighted by Crippen LogP contribution is -2.48. The molecule has 1 N–H and O–H groups in total. The monoisotopic (exact) mass is 331 g/mol. The third-order valence-corrected chi connectivity index (χ3v) is 5.75. The summed E-state index contributed by atoms with van der Waals surface area (Å²) in [5.41, 5.74) is 0.500. The molecule has 132 valence electrons. The Morgan fingerprint density at radius 3 is 2.75 bits per heavy atom. The predicted molar refractivity (Wildman–Crippen MR) is 93.4 cm³/mol. The lowest BCUT2D eigenvalue weighted by Gasteiger charge is -2.41. The van der Waals surface area contributed by atoms with Gasteiger partial charge >= 0.3 is 0 Å². The summed E-state index contributed by atoms with van der Waals surface area (Å²) in [5, 5.41) is 10.9. The first kappa shape index (κ1) is 17.4. The van der Waals surface area contributed by atoms with Crippen LogP contribution < -0.4 is 0 Å². The fraction of sp³-hybridized carbons (Fsp3) is 0.650. The highest BCUT2D eigenvalue weighted by Crippen LogP contribution is 2.44. The van der Waals surface area contributed by atoms with Gasteiger partial charge in [-0.2, -0.15) is 0 Å². The number of ether oxygens (including phenoxy) is 1. The number of rotatable bonds is 7. The van der Waals surface area contributed by atoms with Crippen molar-refractivity contribution >= 4 is 5.91 Å². The van der Waals surface area contributed by atoms with Gasteiger partial charge < -0.3 is 14.7 Å². The summed E-state index contributed by atoms with van der Waals surface area (Å²) in [5.74, 6) is 0.723. The minimum Gasteiger partial charge on any atom is -0.387 e. The summed E-state index contributed by atoms with van der Waals surface area (Å²) in [6, 6.07) is 10.1. The summed E-state index contributed by atoms with van der Waals surface area (Å²) in [4.78, 5) is 14.3. The van der Waals surface area contributed by atoms with Crippen molar-refractivity contribution in [1.29, 1.82) is 0 Å². The molecule has 4 nitrogen and oxygen atoms in total. The van der Waals surface area contributed by atoms with Crippen molar-refractivity contribution in [2.75, 3.05) is 19.7 Å². The number of aliphatic hydroxyl groups is 1. The molecule has 0 unspecified atom stereocenters. The molecule has 0 aromatic heterocycles. The van der Waals surface area contributed by atoms with Crippen LogP contribution in [0.2, 0.25) is 0 Å². The highest BCUT2D eigenvalue weighted by molar-refractivity contribution is 5.76. The number of β-amino-alcohol motifs (C(OH)–C–C–N with tert-alkyl or cyclic N) is 1. The van der Waals surface area contributed by atoms with Gasteiger partial charge in [-0.3, -0.25) is 4.79 Å². The standard InChI is InChI=1S/C20H29NO3/c1-16-13-21(15-20(16,23)18-9-5-10-18)19(22)11-6-12-24-14-17-7-3-2-4-8-17/h2-4,7-8,16,18,23H,5-6,9-15H2,1H3/t16-,20+/m1/s1. The number of amides is 1. The molecule has 0 radical (unpaired) electrons. The number of carbonyl (C=O) groups is 1. The van der Waals surface area contributed by atoms with Crippen LogP contribution >= 0.6 is 0 Å². The van der Waals surface area contributed by atoms with Gasteiger partial charge in [-0.15, -0.1) is 0 Å². The number of hydrogen-bond donors (Lipinski definition) is 1. The van der Waals surface area contributed by atoms with E-state index in [1.807, 2.05) is 35.2 Å². The van der Waals surface area contributed by atoms with Crippen LogP contribution in [0.4, 0.5) is 0 Å². The lowest BCUT2D eigenvalue weighted by molar-refractivity contribution is -0.132. The molecule has 3 rings (SSSR count). The van der Waals surface area contributed by atoms with E-state index in [9.17, 15) is 9.90 Å². The molecule has 0 spiro atoms. The summed E-state index contributed by atoms with van der Waals surface area (Å²) in [6.07, 6.45) is 4.67. The van der Waals surface area contributed by atoms with Crippen LogP contribution in [0.15, 0.2) is 30.3 Å². The molecule has 4 heteroatoms. The predicted octanol–water partition coefficient (Wildman–Crippen LogP) is 2.99. The summed E-state index contributed by atoms with van der Waals surface area (Å²) in [7, 11) is 0. The van der Waals surface area contributed by atoms with Gasteiger partial charge in [0.15, 0.2) is 0 Å². The average Bonchev–Trinajstić information content (AvgIpc) is 2.82. The van der Waals surface area contributed by atoms with Gasteiger partial charge in [0, 0.05) is 32.0 Å². The second-order valence-electron chi connectivity index (χ2n) is 7.44. The number of hydrogen-bond acceptors (Lipinski definition) is 3. The molecule has 1 aliphatic carbocycles. The summed E-state index contributed by atoms with van der Waals surface area (Å²) in [6.45, 7) is 4.47. The maximum atomic E-state index is 12.4. The topological polar surface area (TPSA) is 49.8 Å². The molecule has 2 aliphatic rings. The van der Waals surface area contributed by atoms with Crippen LogP contribution in [-0.2, 0) is 16.1 Å². The van der Waals surface area contributed by atoms with Crippen molar-refractivity contribution in [3.8, 4) is 0 Å². The third kappa shape index (κ3) is 3.81. The Balaban J connectivity index is 1.36. The molecule has 1 amide bonds. The van der Waals surface area contributed by atoms with Gasteiger partial charge in [0.05, 0.1) is 12.2 Å². The van der Waals surface area contributed by atoms with E-state index >= 15 is 0 Å². The molecule has 1 saturated heterocycles. The van der Waals surface area contributed by atoms with E-state index in [4.69, 9.17) is 4.74 Å². The SMILES string of the molecule is C[C@@H]1CN(C(=O)CCCOCc2ccccc2)C[C@@]1(O)C1CCC1. The molecule has 2 atom stereocenters. The Kier molecular flexibility index (Phi) is 5.57. The van der Waals surface area contributed by atoms with Gasteiger partial charge in [0.25, 0.3) is 0 Å². The second-order valence-corrected chi connectivity index (χ2v) is 7.44. The summed E-state index contributed by atoms with van der Waals surface area (Å²) < 4.78 is 5.64. The second kappa shape index (κ2) is 7.66. The Hall–Kier alpha value is -1.39. The average molecular weight is 331 g/mol. The zero-order chi connectivity index (χ0) is 17.0. The van der Waals surface area contributed by atoms with Gasteiger partial charge in [-0.1, -0.05) is 43.7 Å². The van der Waals surface area contributed by atoms with Crippen LogP contribution in [0.1, 0.15) is 44.6 Å². The van der Waals surface area contributed by atoms with Gasteiger partial charge in [-0.05, 0) is 30.7 Å².